The molecule has 2 aromatic rings. The van der Waals surface area contributed by atoms with Crippen LogP contribution < -0.4 is 5.32 Å². The smallest absolute Gasteiger partial charge is 0.183 e. The van der Waals surface area contributed by atoms with Crippen molar-refractivity contribution in [3.05, 3.63) is 46.3 Å². The number of aromatic nitrogens is 2. The first-order chi connectivity index (χ1) is 8.72. The molecule has 0 amide bonds. The largest absolute Gasteiger partial charge is 0.338 e. The molecular weight excluding hydrogens is 294 g/mol. The second-order valence-corrected chi connectivity index (χ2v) is 4.23. The highest BCUT2D eigenvalue weighted by Gasteiger charge is 2.07. The van der Waals surface area contributed by atoms with Gasteiger partial charge in [-0.25, -0.2) is 9.97 Å². The molecule has 0 aliphatic rings. The molecule has 6 heteroatoms. The van der Waals surface area contributed by atoms with E-state index >= 15 is 0 Å². The quantitative estimate of drug-likeness (QED) is 0.921. The molecule has 0 radical (unpaired) electrons. The van der Waals surface area contributed by atoms with Gasteiger partial charge in [0.2, 0.25) is 0 Å². The molecule has 1 N–H and O–H groups in total. The molecule has 0 atom stereocenters. The monoisotopic (exact) mass is 299 g/mol. The SMILES string of the molecule is N#Cc1cnc(C#N)c(Nc2cccc(Br)c2)n1. The van der Waals surface area contributed by atoms with Crippen LogP contribution in [0.1, 0.15) is 11.4 Å². The molecule has 0 saturated carbocycles. The van der Waals surface area contributed by atoms with Crippen LogP contribution in [0.15, 0.2) is 34.9 Å². The van der Waals surface area contributed by atoms with Crippen molar-refractivity contribution < 1.29 is 0 Å². The van der Waals surface area contributed by atoms with E-state index in [2.05, 4.69) is 31.2 Å². The number of halogens is 1. The molecule has 1 aromatic heterocycles. The number of hydrogen-bond donors (Lipinski definition) is 1. The van der Waals surface area contributed by atoms with Gasteiger partial charge < -0.3 is 5.32 Å². The minimum atomic E-state index is 0.147. The third-order valence-corrected chi connectivity index (χ3v) is 2.57. The Balaban J connectivity index is 2.40. The summed E-state index contributed by atoms with van der Waals surface area (Å²) < 4.78 is 0.899. The molecule has 86 valence electrons. The number of anilines is 2. The van der Waals surface area contributed by atoms with Crippen LogP contribution in [0.4, 0.5) is 11.5 Å². The average Bonchev–Trinajstić information content (AvgIpc) is 2.38. The second-order valence-electron chi connectivity index (χ2n) is 3.31. The zero-order valence-electron chi connectivity index (χ0n) is 9.05. The fraction of sp³-hybridized carbons (Fsp3) is 0. The number of nitrogens with one attached hydrogen (secondary N) is 1. The minimum absolute atomic E-state index is 0.147. The van der Waals surface area contributed by atoms with Gasteiger partial charge >= 0.3 is 0 Å². The molecule has 0 bridgehead atoms. The van der Waals surface area contributed by atoms with Crippen molar-refractivity contribution in [2.75, 3.05) is 5.32 Å². The molecule has 0 aliphatic heterocycles. The van der Waals surface area contributed by atoms with E-state index in [1.54, 1.807) is 0 Å². The van der Waals surface area contributed by atoms with E-state index in [0.29, 0.717) is 0 Å². The van der Waals surface area contributed by atoms with Gasteiger partial charge in [0.25, 0.3) is 0 Å². The molecule has 0 fully saturated rings. The first-order valence-electron chi connectivity index (χ1n) is 4.93. The summed E-state index contributed by atoms with van der Waals surface area (Å²) in [6, 6.07) is 11.2. The summed E-state index contributed by atoms with van der Waals surface area (Å²) in [4.78, 5) is 7.88. The summed E-state index contributed by atoms with van der Waals surface area (Å²) in [5, 5.41) is 20.7. The van der Waals surface area contributed by atoms with Crippen LogP contribution in [0.5, 0.6) is 0 Å². The average molecular weight is 300 g/mol. The van der Waals surface area contributed by atoms with Crippen LogP contribution in [0, 0.1) is 22.7 Å². The van der Waals surface area contributed by atoms with Crippen LogP contribution in [-0.4, -0.2) is 9.97 Å². The lowest BCUT2D eigenvalue weighted by Gasteiger charge is -2.06. The van der Waals surface area contributed by atoms with Crippen molar-refractivity contribution in [2.45, 2.75) is 0 Å². The van der Waals surface area contributed by atoms with Gasteiger partial charge in [-0.2, -0.15) is 10.5 Å². The maximum atomic E-state index is 8.93. The number of nitrogens with zero attached hydrogens (tertiary/aromatic N) is 4. The van der Waals surface area contributed by atoms with E-state index in [9.17, 15) is 0 Å². The fourth-order valence-corrected chi connectivity index (χ4v) is 1.71. The number of nitriles is 2. The van der Waals surface area contributed by atoms with E-state index in [-0.39, 0.29) is 17.2 Å². The third-order valence-electron chi connectivity index (χ3n) is 2.08. The molecule has 0 unspecified atom stereocenters. The first-order valence-corrected chi connectivity index (χ1v) is 5.72. The Hall–Kier alpha value is -2.44. The molecule has 0 spiro atoms. The van der Waals surface area contributed by atoms with E-state index in [0.717, 1.165) is 10.2 Å². The highest BCUT2D eigenvalue weighted by atomic mass is 79.9. The van der Waals surface area contributed by atoms with Crippen molar-refractivity contribution in [1.29, 1.82) is 10.5 Å². The molecule has 0 saturated heterocycles. The van der Waals surface area contributed by atoms with Crippen LogP contribution in [0.3, 0.4) is 0 Å². The topological polar surface area (TPSA) is 85.4 Å². The molecule has 2 rings (SSSR count). The van der Waals surface area contributed by atoms with Crippen molar-refractivity contribution in [3.63, 3.8) is 0 Å². The zero-order valence-corrected chi connectivity index (χ0v) is 10.6. The van der Waals surface area contributed by atoms with Gasteiger partial charge in [-0.15, -0.1) is 0 Å². The summed E-state index contributed by atoms with van der Waals surface area (Å²) in [5.74, 6) is 0.273. The lowest BCUT2D eigenvalue weighted by Crippen LogP contribution is -2.01. The normalized spacial score (nSPS) is 9.28. The Morgan fingerprint density at radius 2 is 2.06 bits per heavy atom. The second kappa shape index (κ2) is 5.26. The Morgan fingerprint density at radius 3 is 2.72 bits per heavy atom. The maximum absolute atomic E-state index is 8.93. The summed E-state index contributed by atoms with van der Waals surface area (Å²) >= 11 is 3.35. The summed E-state index contributed by atoms with van der Waals surface area (Å²) in [6.45, 7) is 0. The van der Waals surface area contributed by atoms with E-state index in [1.165, 1.54) is 6.20 Å². The van der Waals surface area contributed by atoms with Gasteiger partial charge in [-0.1, -0.05) is 22.0 Å². The van der Waals surface area contributed by atoms with Gasteiger partial charge in [0.15, 0.2) is 17.2 Å². The van der Waals surface area contributed by atoms with Gasteiger partial charge in [0.05, 0.1) is 6.20 Å². The number of benzene rings is 1. The van der Waals surface area contributed by atoms with Crippen LogP contribution in [0.25, 0.3) is 0 Å². The predicted molar refractivity (Wildman–Crippen MR) is 68.9 cm³/mol. The lowest BCUT2D eigenvalue weighted by atomic mass is 10.3. The van der Waals surface area contributed by atoms with E-state index < -0.39 is 0 Å². The summed E-state index contributed by atoms with van der Waals surface area (Å²) in [7, 11) is 0. The Labute approximate surface area is 112 Å². The Bertz CT molecular complexity index is 669. The van der Waals surface area contributed by atoms with Crippen molar-refractivity contribution in [1.82, 2.24) is 9.97 Å². The zero-order chi connectivity index (χ0) is 13.0. The standard InChI is InChI=1S/C12H6BrN5/c13-8-2-1-3-9(4-8)17-12-11(6-15)16-7-10(5-14)18-12/h1-4,7H,(H,17,18). The summed E-state index contributed by atoms with van der Waals surface area (Å²) in [5.41, 5.74) is 1.06. The van der Waals surface area contributed by atoms with E-state index in [1.807, 2.05) is 36.4 Å². The minimum Gasteiger partial charge on any atom is -0.338 e. The van der Waals surface area contributed by atoms with Gasteiger partial charge in [0.1, 0.15) is 12.1 Å². The van der Waals surface area contributed by atoms with E-state index in [4.69, 9.17) is 10.5 Å². The Morgan fingerprint density at radius 1 is 1.22 bits per heavy atom. The molecule has 5 nitrogen and oxygen atoms in total. The van der Waals surface area contributed by atoms with Crippen molar-refractivity contribution in [2.24, 2.45) is 0 Å². The molecule has 1 heterocycles. The van der Waals surface area contributed by atoms with Crippen molar-refractivity contribution >= 4 is 27.4 Å². The fourth-order valence-electron chi connectivity index (χ4n) is 1.31. The highest BCUT2D eigenvalue weighted by molar-refractivity contribution is 9.10. The molecule has 0 aliphatic carbocycles. The molecular formula is C12H6BrN5. The molecule has 18 heavy (non-hydrogen) atoms. The van der Waals surface area contributed by atoms with Gasteiger partial charge in [-0.3, -0.25) is 0 Å². The molecule has 1 aromatic carbocycles. The van der Waals surface area contributed by atoms with Crippen LogP contribution >= 0.6 is 15.9 Å². The predicted octanol–water partition coefficient (Wildman–Crippen LogP) is 2.73. The first kappa shape index (κ1) is 12.0. The summed E-state index contributed by atoms with van der Waals surface area (Å²) in [6.07, 6.45) is 1.27. The maximum Gasteiger partial charge on any atom is 0.183 e. The number of rotatable bonds is 2. The Kier molecular flexibility index (Phi) is 3.52. The lowest BCUT2D eigenvalue weighted by molar-refractivity contribution is 1.13. The van der Waals surface area contributed by atoms with Crippen LogP contribution in [0.2, 0.25) is 0 Å². The van der Waals surface area contributed by atoms with Crippen LogP contribution in [-0.2, 0) is 0 Å². The van der Waals surface area contributed by atoms with Crippen molar-refractivity contribution in [3.8, 4) is 12.1 Å². The number of hydrogen-bond acceptors (Lipinski definition) is 5. The van der Waals surface area contributed by atoms with Gasteiger partial charge in [-0.05, 0) is 18.2 Å². The third kappa shape index (κ3) is 2.62. The van der Waals surface area contributed by atoms with Gasteiger partial charge in [0, 0.05) is 10.2 Å². The highest BCUT2D eigenvalue weighted by Crippen LogP contribution is 2.20.